The van der Waals surface area contributed by atoms with Gasteiger partial charge in [0.15, 0.2) is 0 Å². The molecule has 2 nitrogen and oxygen atoms in total. The molecule has 0 radical (unpaired) electrons. The van der Waals surface area contributed by atoms with E-state index in [1.165, 1.54) is 0 Å². The third kappa shape index (κ3) is 4.11. The van der Waals surface area contributed by atoms with Gasteiger partial charge in [0, 0.05) is 11.1 Å². The van der Waals surface area contributed by atoms with Crippen LogP contribution in [0.4, 0.5) is 0 Å². The lowest BCUT2D eigenvalue weighted by atomic mass is 10.1. The van der Waals surface area contributed by atoms with Gasteiger partial charge in [0.1, 0.15) is 6.10 Å². The number of aliphatic hydroxyl groups excluding tert-OH is 1. The van der Waals surface area contributed by atoms with Gasteiger partial charge >= 0.3 is 0 Å². The summed E-state index contributed by atoms with van der Waals surface area (Å²) < 4.78 is 6.09. The maximum Gasteiger partial charge on any atom is 0.102 e. The van der Waals surface area contributed by atoms with Gasteiger partial charge in [0.25, 0.3) is 0 Å². The van der Waals surface area contributed by atoms with Crippen LogP contribution in [0.5, 0.6) is 0 Å². The molecule has 15 heavy (non-hydrogen) atoms. The fourth-order valence-corrected chi connectivity index (χ4v) is 1.59. The number of hydrogen-bond acceptors (Lipinski definition) is 2. The van der Waals surface area contributed by atoms with Crippen LogP contribution in [-0.4, -0.2) is 18.3 Å². The van der Waals surface area contributed by atoms with Gasteiger partial charge in [0.2, 0.25) is 0 Å². The van der Waals surface area contributed by atoms with E-state index in [4.69, 9.17) is 16.3 Å². The van der Waals surface area contributed by atoms with Crippen LogP contribution in [0.3, 0.4) is 0 Å². The molecule has 0 aliphatic carbocycles. The summed E-state index contributed by atoms with van der Waals surface area (Å²) in [7, 11) is 0. The molecule has 0 saturated heterocycles. The van der Waals surface area contributed by atoms with Crippen molar-refractivity contribution in [2.45, 2.75) is 19.4 Å². The van der Waals surface area contributed by atoms with E-state index in [-0.39, 0.29) is 0 Å². The molecule has 84 valence electrons. The molecule has 0 aromatic heterocycles. The maximum atomic E-state index is 9.76. The molecule has 1 atom stereocenters. The van der Waals surface area contributed by atoms with Crippen LogP contribution in [-0.2, 0) is 4.74 Å². The molecular weight excluding hydrogens is 279 g/mol. The molecule has 0 fully saturated rings. The zero-order chi connectivity index (χ0) is 11.3. The van der Waals surface area contributed by atoms with E-state index in [2.05, 4.69) is 15.9 Å². The lowest BCUT2D eigenvalue weighted by Crippen LogP contribution is -2.07. The first-order valence-electron chi connectivity index (χ1n) is 4.86. The highest BCUT2D eigenvalue weighted by molar-refractivity contribution is 9.10. The van der Waals surface area contributed by atoms with Gasteiger partial charge in [-0.25, -0.2) is 0 Å². The SMILES string of the molecule is CCCOCC(O)c1ccc(Br)c(Cl)c1. The lowest BCUT2D eigenvalue weighted by Gasteiger charge is -2.11. The van der Waals surface area contributed by atoms with Crippen LogP contribution in [0.15, 0.2) is 22.7 Å². The minimum absolute atomic E-state index is 0.311. The first-order valence-corrected chi connectivity index (χ1v) is 6.03. The van der Waals surface area contributed by atoms with E-state index < -0.39 is 6.10 Å². The van der Waals surface area contributed by atoms with Crippen molar-refractivity contribution < 1.29 is 9.84 Å². The second-order valence-electron chi connectivity index (χ2n) is 3.26. The van der Waals surface area contributed by atoms with Crippen molar-refractivity contribution in [2.24, 2.45) is 0 Å². The largest absolute Gasteiger partial charge is 0.386 e. The van der Waals surface area contributed by atoms with Crippen LogP contribution >= 0.6 is 27.5 Å². The van der Waals surface area contributed by atoms with E-state index in [0.717, 1.165) is 16.5 Å². The van der Waals surface area contributed by atoms with E-state index in [0.29, 0.717) is 18.2 Å². The summed E-state index contributed by atoms with van der Waals surface area (Å²) in [6.07, 6.45) is 0.343. The Morgan fingerprint density at radius 3 is 2.87 bits per heavy atom. The zero-order valence-corrected chi connectivity index (χ0v) is 10.9. The third-order valence-electron chi connectivity index (χ3n) is 1.95. The molecule has 4 heteroatoms. The van der Waals surface area contributed by atoms with Gasteiger partial charge in [-0.05, 0) is 40.0 Å². The summed E-state index contributed by atoms with van der Waals surface area (Å²) in [4.78, 5) is 0. The molecule has 0 spiro atoms. The lowest BCUT2D eigenvalue weighted by molar-refractivity contribution is 0.0364. The van der Waals surface area contributed by atoms with Gasteiger partial charge in [-0.1, -0.05) is 24.6 Å². The monoisotopic (exact) mass is 292 g/mol. The van der Waals surface area contributed by atoms with E-state index >= 15 is 0 Å². The Bertz CT molecular complexity index is 317. The van der Waals surface area contributed by atoms with Crippen LogP contribution in [0, 0.1) is 0 Å². The molecule has 0 bridgehead atoms. The first kappa shape index (κ1) is 13.0. The Kier molecular flexibility index (Phi) is 5.61. The van der Waals surface area contributed by atoms with Crippen molar-refractivity contribution in [1.29, 1.82) is 0 Å². The average molecular weight is 294 g/mol. The molecule has 1 unspecified atom stereocenters. The second-order valence-corrected chi connectivity index (χ2v) is 4.53. The molecule has 1 aromatic rings. The topological polar surface area (TPSA) is 29.5 Å². The predicted octanol–water partition coefficient (Wildman–Crippen LogP) is 3.56. The molecule has 1 rings (SSSR count). The Labute approximate surface area is 103 Å². The van der Waals surface area contributed by atoms with Gasteiger partial charge in [-0.2, -0.15) is 0 Å². The Hall–Kier alpha value is -0.0900. The van der Waals surface area contributed by atoms with Gasteiger partial charge in [-0.15, -0.1) is 0 Å². The number of ether oxygens (including phenoxy) is 1. The Balaban J connectivity index is 2.57. The molecule has 0 aliphatic heterocycles. The molecule has 1 aromatic carbocycles. The standard InChI is InChI=1S/C11H14BrClO2/c1-2-5-15-7-11(14)8-3-4-9(12)10(13)6-8/h3-4,6,11,14H,2,5,7H2,1H3. The Morgan fingerprint density at radius 1 is 1.53 bits per heavy atom. The summed E-state index contributed by atoms with van der Waals surface area (Å²) in [5.41, 5.74) is 0.777. The summed E-state index contributed by atoms with van der Waals surface area (Å²) in [6.45, 7) is 3.01. The van der Waals surface area contributed by atoms with Gasteiger partial charge < -0.3 is 9.84 Å². The average Bonchev–Trinajstić information content (AvgIpc) is 2.22. The normalized spacial score (nSPS) is 12.8. The van der Waals surface area contributed by atoms with Gasteiger partial charge in [-0.3, -0.25) is 0 Å². The van der Waals surface area contributed by atoms with Crippen molar-refractivity contribution in [3.63, 3.8) is 0 Å². The summed E-state index contributed by atoms with van der Waals surface area (Å²) in [6, 6.07) is 5.39. The van der Waals surface area contributed by atoms with Crippen molar-refractivity contribution >= 4 is 27.5 Å². The molecular formula is C11H14BrClO2. The summed E-state index contributed by atoms with van der Waals surface area (Å²) in [5, 5.41) is 10.4. The third-order valence-corrected chi connectivity index (χ3v) is 3.19. The quantitative estimate of drug-likeness (QED) is 0.841. The summed E-state index contributed by atoms with van der Waals surface area (Å²) in [5.74, 6) is 0. The highest BCUT2D eigenvalue weighted by atomic mass is 79.9. The van der Waals surface area contributed by atoms with E-state index in [1.54, 1.807) is 6.07 Å². The van der Waals surface area contributed by atoms with Crippen LogP contribution in [0.1, 0.15) is 25.0 Å². The zero-order valence-electron chi connectivity index (χ0n) is 8.54. The fourth-order valence-electron chi connectivity index (χ4n) is 1.16. The highest BCUT2D eigenvalue weighted by Crippen LogP contribution is 2.26. The predicted molar refractivity (Wildman–Crippen MR) is 65.2 cm³/mol. The molecule has 0 amide bonds. The number of benzene rings is 1. The number of hydrogen-bond donors (Lipinski definition) is 1. The minimum Gasteiger partial charge on any atom is -0.386 e. The van der Waals surface area contributed by atoms with Crippen LogP contribution in [0.25, 0.3) is 0 Å². The minimum atomic E-state index is -0.609. The van der Waals surface area contributed by atoms with Crippen molar-refractivity contribution in [3.05, 3.63) is 33.3 Å². The molecule has 1 N–H and O–H groups in total. The molecule has 0 saturated carbocycles. The molecule has 0 aliphatic rings. The fraction of sp³-hybridized carbons (Fsp3) is 0.455. The number of halogens is 2. The Morgan fingerprint density at radius 2 is 2.27 bits per heavy atom. The van der Waals surface area contributed by atoms with Crippen molar-refractivity contribution in [3.8, 4) is 0 Å². The number of rotatable bonds is 5. The molecule has 0 heterocycles. The van der Waals surface area contributed by atoms with E-state index in [9.17, 15) is 5.11 Å². The van der Waals surface area contributed by atoms with Crippen LogP contribution < -0.4 is 0 Å². The van der Waals surface area contributed by atoms with Crippen LogP contribution in [0.2, 0.25) is 5.02 Å². The highest BCUT2D eigenvalue weighted by Gasteiger charge is 2.09. The maximum absolute atomic E-state index is 9.76. The van der Waals surface area contributed by atoms with Crippen molar-refractivity contribution in [1.82, 2.24) is 0 Å². The van der Waals surface area contributed by atoms with E-state index in [1.807, 2.05) is 19.1 Å². The second kappa shape index (κ2) is 6.48. The van der Waals surface area contributed by atoms with Gasteiger partial charge in [0.05, 0.1) is 11.6 Å². The number of aliphatic hydroxyl groups is 1. The summed E-state index contributed by atoms with van der Waals surface area (Å²) >= 11 is 9.22. The smallest absolute Gasteiger partial charge is 0.102 e. The van der Waals surface area contributed by atoms with Crippen molar-refractivity contribution in [2.75, 3.05) is 13.2 Å². The first-order chi connectivity index (χ1) is 7.15.